The summed E-state index contributed by atoms with van der Waals surface area (Å²) >= 11 is 0. The molecule has 0 saturated carbocycles. The van der Waals surface area contributed by atoms with Gasteiger partial charge in [-0.05, 0) is 134 Å². The molecule has 0 radical (unpaired) electrons. The number of para-hydroxylation sites is 1. The first-order chi connectivity index (χ1) is 33.7. The van der Waals surface area contributed by atoms with Crippen LogP contribution in [0.15, 0.2) is 255 Å². The summed E-state index contributed by atoms with van der Waals surface area (Å²) in [4.78, 5) is 5.24. The van der Waals surface area contributed by atoms with Crippen molar-refractivity contribution in [1.82, 2.24) is 9.55 Å². The van der Waals surface area contributed by atoms with Crippen molar-refractivity contribution in [1.29, 1.82) is 0 Å². The highest BCUT2D eigenvalue weighted by atomic mass is 15.0. The van der Waals surface area contributed by atoms with E-state index in [0.717, 1.165) is 35.5 Å². The lowest BCUT2D eigenvalue weighted by molar-refractivity contribution is 0.769. The second kappa shape index (κ2) is 16.4. The molecular formula is C66H46N2. The van der Waals surface area contributed by atoms with Crippen LogP contribution in [0.2, 0.25) is 0 Å². The normalized spacial score (nSPS) is 13.6. The molecule has 2 nitrogen and oxygen atoms in total. The van der Waals surface area contributed by atoms with Crippen LogP contribution in [0.1, 0.15) is 40.8 Å². The minimum absolute atomic E-state index is 0.453. The molecule has 0 spiro atoms. The molecule has 0 atom stereocenters. The van der Waals surface area contributed by atoms with Gasteiger partial charge in [0.05, 0.1) is 27.8 Å². The first-order valence-electron chi connectivity index (χ1n) is 23.7. The first kappa shape index (κ1) is 39.7. The van der Waals surface area contributed by atoms with Gasteiger partial charge in [0, 0.05) is 22.0 Å². The number of aromatic nitrogens is 2. The van der Waals surface area contributed by atoms with Crippen molar-refractivity contribution in [3.05, 3.63) is 283 Å². The number of hydrogen-bond donors (Lipinski definition) is 0. The summed E-state index contributed by atoms with van der Waals surface area (Å²) in [5.74, 6) is 0. The van der Waals surface area contributed by atoms with Gasteiger partial charge in [0.15, 0.2) is 0 Å². The largest absolute Gasteiger partial charge is 0.309 e. The van der Waals surface area contributed by atoms with Crippen LogP contribution in [0.4, 0.5) is 0 Å². The van der Waals surface area contributed by atoms with Gasteiger partial charge < -0.3 is 4.57 Å². The molecule has 2 aliphatic rings. The van der Waals surface area contributed by atoms with Crippen molar-refractivity contribution < 1.29 is 0 Å². The molecule has 2 aliphatic carbocycles. The summed E-state index contributed by atoms with van der Waals surface area (Å²) in [6.07, 6.45) is 8.64. The average Bonchev–Trinajstić information content (AvgIpc) is 3.92. The van der Waals surface area contributed by atoms with Gasteiger partial charge in [-0.15, -0.1) is 0 Å². The Morgan fingerprint density at radius 3 is 1.75 bits per heavy atom. The topological polar surface area (TPSA) is 17.8 Å². The van der Waals surface area contributed by atoms with Crippen molar-refractivity contribution in [2.24, 2.45) is 0 Å². The molecule has 0 amide bonds. The zero-order valence-electron chi connectivity index (χ0n) is 37.6. The molecule has 0 fully saturated rings. The molecule has 68 heavy (non-hydrogen) atoms. The lowest BCUT2D eigenvalue weighted by Crippen LogP contribution is -2.28. The van der Waals surface area contributed by atoms with Crippen molar-refractivity contribution in [3.8, 4) is 61.5 Å². The number of allylic oxidation sites excluding steroid dienone is 4. The average molecular weight is 867 g/mol. The lowest BCUT2D eigenvalue weighted by atomic mass is 9.67. The predicted octanol–water partition coefficient (Wildman–Crippen LogP) is 16.9. The van der Waals surface area contributed by atoms with E-state index >= 15 is 0 Å². The third-order valence-corrected chi connectivity index (χ3v) is 14.4. The summed E-state index contributed by atoms with van der Waals surface area (Å²) in [5, 5.41) is 2.47. The summed E-state index contributed by atoms with van der Waals surface area (Å²) < 4.78 is 2.43. The highest BCUT2D eigenvalue weighted by molar-refractivity contribution is 6.10. The van der Waals surface area contributed by atoms with E-state index in [1.165, 1.54) is 94.1 Å². The van der Waals surface area contributed by atoms with Crippen LogP contribution >= 0.6 is 0 Å². The number of pyridine rings is 1. The fourth-order valence-corrected chi connectivity index (χ4v) is 11.2. The minimum Gasteiger partial charge on any atom is -0.309 e. The molecule has 13 rings (SSSR count). The molecule has 2 heterocycles. The summed E-state index contributed by atoms with van der Waals surface area (Å²) in [7, 11) is 0. The Morgan fingerprint density at radius 1 is 0.382 bits per heavy atom. The fraction of sp³-hybridized carbons (Fsp3) is 0.0455. The van der Waals surface area contributed by atoms with Gasteiger partial charge in [-0.1, -0.05) is 206 Å². The Morgan fingerprint density at radius 2 is 0.971 bits per heavy atom. The Kier molecular flexibility index (Phi) is 9.57. The van der Waals surface area contributed by atoms with Crippen molar-refractivity contribution in [3.63, 3.8) is 0 Å². The lowest BCUT2D eigenvalue weighted by Gasteiger charge is -2.34. The molecule has 0 N–H and O–H groups in total. The molecule has 320 valence electrons. The van der Waals surface area contributed by atoms with E-state index in [2.05, 4.69) is 259 Å². The van der Waals surface area contributed by atoms with Gasteiger partial charge in [-0.3, -0.25) is 0 Å². The summed E-state index contributed by atoms with van der Waals surface area (Å²) in [6.45, 7) is 0. The Hall–Kier alpha value is -8.59. The van der Waals surface area contributed by atoms with Gasteiger partial charge >= 0.3 is 0 Å². The smallest absolute Gasteiger partial charge is 0.0715 e. The van der Waals surface area contributed by atoms with E-state index in [1.54, 1.807) is 0 Å². The third kappa shape index (κ3) is 6.52. The van der Waals surface area contributed by atoms with E-state index in [1.807, 2.05) is 0 Å². The number of rotatable bonds is 8. The zero-order valence-corrected chi connectivity index (χ0v) is 37.6. The molecular weight excluding hydrogens is 821 g/mol. The standard InChI is InChI=1S/C66H46N2/c1-5-18-45(19-6-1)52-43-62(47-20-7-2-8-21-47)67-63(44-52)48-34-32-46(33-35-48)50-37-39-65-59(41-50)58-29-14-16-31-64(58)68(65)55-27-17-22-49(40-55)51-36-38-57-56-28-13-15-30-60(56)66(61(57)42-51,53-23-9-3-10-24-53)54-25-11-4-12-26-54/h1-7,9-20,22-44H,8,21H2. The molecule has 0 saturated heterocycles. The van der Waals surface area contributed by atoms with E-state index in [4.69, 9.17) is 4.98 Å². The number of nitrogens with zero attached hydrogens (tertiary/aromatic N) is 2. The minimum atomic E-state index is -0.453. The quantitative estimate of drug-likeness (QED) is 0.149. The Balaban J connectivity index is 0.885. The van der Waals surface area contributed by atoms with Gasteiger partial charge in [0.25, 0.3) is 0 Å². The monoisotopic (exact) mass is 866 g/mol. The van der Waals surface area contributed by atoms with Crippen LogP contribution in [0.5, 0.6) is 0 Å². The van der Waals surface area contributed by atoms with Crippen LogP contribution in [0, 0.1) is 0 Å². The second-order valence-corrected chi connectivity index (χ2v) is 18.2. The fourth-order valence-electron chi connectivity index (χ4n) is 11.2. The maximum absolute atomic E-state index is 5.24. The Labute approximate surface area is 397 Å². The predicted molar refractivity (Wildman–Crippen MR) is 284 cm³/mol. The van der Waals surface area contributed by atoms with Crippen LogP contribution in [-0.4, -0.2) is 9.55 Å². The number of benzene rings is 9. The van der Waals surface area contributed by atoms with Crippen LogP contribution < -0.4 is 0 Å². The SMILES string of the molecule is C1=CCCC(c2cc(-c3ccccc3)cc(-c3ccc(-c4ccc5c(c4)c4ccccc4n5-c4cccc(-c5ccc6c(c5)C(c5ccccc5)(c5ccccc5)c5ccccc5-6)c4)cc3)n2)=C1. The molecule has 2 heteroatoms. The number of hydrogen-bond acceptors (Lipinski definition) is 1. The van der Waals surface area contributed by atoms with Crippen LogP contribution in [-0.2, 0) is 5.41 Å². The van der Waals surface area contributed by atoms with E-state index in [0.29, 0.717) is 0 Å². The van der Waals surface area contributed by atoms with E-state index in [9.17, 15) is 0 Å². The second-order valence-electron chi connectivity index (χ2n) is 18.2. The molecule has 0 unspecified atom stereocenters. The maximum atomic E-state index is 5.24. The third-order valence-electron chi connectivity index (χ3n) is 14.4. The zero-order chi connectivity index (χ0) is 45.0. The highest BCUT2D eigenvalue weighted by Gasteiger charge is 2.46. The van der Waals surface area contributed by atoms with Gasteiger partial charge in [-0.2, -0.15) is 0 Å². The highest BCUT2D eigenvalue weighted by Crippen LogP contribution is 2.56. The van der Waals surface area contributed by atoms with Crippen molar-refractivity contribution >= 4 is 27.4 Å². The van der Waals surface area contributed by atoms with E-state index < -0.39 is 5.41 Å². The van der Waals surface area contributed by atoms with Gasteiger partial charge in [0.1, 0.15) is 0 Å². The van der Waals surface area contributed by atoms with Crippen molar-refractivity contribution in [2.75, 3.05) is 0 Å². The first-order valence-corrected chi connectivity index (χ1v) is 23.7. The van der Waals surface area contributed by atoms with Crippen LogP contribution in [0.3, 0.4) is 0 Å². The van der Waals surface area contributed by atoms with Crippen LogP contribution in [0.25, 0.3) is 88.8 Å². The molecule has 2 aromatic heterocycles. The molecule has 11 aromatic rings. The van der Waals surface area contributed by atoms with E-state index in [-0.39, 0.29) is 0 Å². The summed E-state index contributed by atoms with van der Waals surface area (Å²) in [5.41, 5.74) is 22.4. The molecule has 0 bridgehead atoms. The molecule has 9 aromatic carbocycles. The van der Waals surface area contributed by atoms with Gasteiger partial charge in [-0.25, -0.2) is 4.98 Å². The van der Waals surface area contributed by atoms with Crippen molar-refractivity contribution in [2.45, 2.75) is 18.3 Å². The summed E-state index contributed by atoms with van der Waals surface area (Å²) in [6, 6.07) is 87.1. The number of fused-ring (bicyclic) bond motifs is 6. The molecule has 0 aliphatic heterocycles. The van der Waals surface area contributed by atoms with Gasteiger partial charge in [0.2, 0.25) is 0 Å². The Bertz CT molecular complexity index is 3720. The maximum Gasteiger partial charge on any atom is 0.0715 e.